The van der Waals surface area contributed by atoms with Crippen LogP contribution in [0.25, 0.3) is 0 Å². The third kappa shape index (κ3) is 4.15. The number of benzene rings is 1. The second-order valence-corrected chi connectivity index (χ2v) is 4.64. The summed E-state index contributed by atoms with van der Waals surface area (Å²) in [6, 6.07) is 1.39. The Hall–Kier alpha value is -2.23. The third-order valence-electron chi connectivity index (χ3n) is 2.51. The fourth-order valence-electron chi connectivity index (χ4n) is 1.54. The van der Waals surface area contributed by atoms with E-state index in [1.165, 1.54) is 0 Å². The third-order valence-corrected chi connectivity index (χ3v) is 2.70. The van der Waals surface area contributed by atoms with Crippen molar-refractivity contribution in [2.24, 2.45) is 0 Å². The maximum Gasteiger partial charge on any atom is 0.416 e. The van der Waals surface area contributed by atoms with Crippen molar-refractivity contribution in [3.63, 3.8) is 0 Å². The van der Waals surface area contributed by atoms with Crippen LogP contribution in [0.5, 0.6) is 11.6 Å². The molecule has 1 heterocycles. The molecule has 0 aliphatic carbocycles. The lowest BCUT2D eigenvalue weighted by Crippen LogP contribution is -2.12. The van der Waals surface area contributed by atoms with Crippen molar-refractivity contribution in [3.05, 3.63) is 50.8 Å². The molecule has 1 aromatic heterocycles. The van der Waals surface area contributed by atoms with Gasteiger partial charge < -0.3 is 4.74 Å². The molecule has 2 rings (SSSR count). The molecular weight excluding hydrogens is 354 g/mol. The van der Waals surface area contributed by atoms with Gasteiger partial charge >= 0.3 is 12.4 Å². The fraction of sp³-hybridized carbons (Fsp3) is 0.167. The van der Waals surface area contributed by atoms with E-state index in [0.29, 0.717) is 12.1 Å². The van der Waals surface area contributed by atoms with E-state index in [0.717, 1.165) is 6.07 Å². The van der Waals surface area contributed by atoms with Crippen molar-refractivity contribution >= 4 is 11.6 Å². The maximum atomic E-state index is 12.7. The van der Waals surface area contributed by atoms with Crippen LogP contribution in [-0.2, 0) is 12.4 Å². The molecule has 0 radical (unpaired) electrons. The van der Waals surface area contributed by atoms with Crippen LogP contribution in [0.4, 0.5) is 26.3 Å². The largest absolute Gasteiger partial charge is 0.435 e. The molecule has 1 aromatic carbocycles. The number of ether oxygens (including phenoxy) is 1. The Labute approximate surface area is 128 Å². The minimum absolute atomic E-state index is 0.0631. The van der Waals surface area contributed by atoms with E-state index in [-0.39, 0.29) is 11.2 Å². The SMILES string of the molecule is O=c1cc(Cl)[nH]nc1Oc1cc(C(F)(F)F)cc(C(F)(F)F)c1. The van der Waals surface area contributed by atoms with Crippen molar-refractivity contribution in [1.82, 2.24) is 10.2 Å². The Morgan fingerprint density at radius 1 is 0.957 bits per heavy atom. The van der Waals surface area contributed by atoms with Crippen LogP contribution in [0.1, 0.15) is 11.1 Å². The number of aromatic nitrogens is 2. The smallest absolute Gasteiger partial charge is 0.416 e. The maximum absolute atomic E-state index is 12.7. The number of nitrogens with zero attached hydrogens (tertiary/aromatic N) is 1. The van der Waals surface area contributed by atoms with Crippen LogP contribution in [0.15, 0.2) is 29.1 Å². The van der Waals surface area contributed by atoms with Crippen molar-refractivity contribution in [3.8, 4) is 11.6 Å². The number of halogens is 7. The van der Waals surface area contributed by atoms with Gasteiger partial charge in [0.05, 0.1) is 11.1 Å². The summed E-state index contributed by atoms with van der Waals surface area (Å²) in [6.45, 7) is 0. The van der Waals surface area contributed by atoms with E-state index in [1.807, 2.05) is 0 Å². The van der Waals surface area contributed by atoms with Crippen molar-refractivity contribution in [2.45, 2.75) is 12.4 Å². The molecule has 2 aromatic rings. The summed E-state index contributed by atoms with van der Waals surface area (Å²) in [5, 5.41) is 5.22. The normalized spacial score (nSPS) is 12.3. The van der Waals surface area contributed by atoms with E-state index in [2.05, 4.69) is 10.2 Å². The van der Waals surface area contributed by atoms with Crippen LogP contribution in [-0.4, -0.2) is 10.2 Å². The number of aromatic amines is 1. The molecule has 0 bridgehead atoms. The van der Waals surface area contributed by atoms with Gasteiger partial charge in [-0.3, -0.25) is 9.89 Å². The van der Waals surface area contributed by atoms with Crippen LogP contribution in [0.2, 0.25) is 5.15 Å². The first-order chi connectivity index (χ1) is 10.5. The molecular formula is C12H5ClF6N2O2. The molecule has 0 fully saturated rings. The number of H-pyrrole nitrogens is 1. The van der Waals surface area contributed by atoms with Gasteiger partial charge in [0.1, 0.15) is 10.9 Å². The fourth-order valence-corrected chi connectivity index (χ4v) is 1.68. The summed E-state index contributed by atoms with van der Waals surface area (Å²) in [5.74, 6) is -1.59. The first-order valence-corrected chi connectivity index (χ1v) is 6.07. The van der Waals surface area contributed by atoms with Gasteiger partial charge in [0.2, 0.25) is 5.43 Å². The highest BCUT2D eigenvalue weighted by Gasteiger charge is 2.37. The molecule has 0 amide bonds. The number of rotatable bonds is 2. The highest BCUT2D eigenvalue weighted by atomic mass is 35.5. The van der Waals surface area contributed by atoms with E-state index < -0.39 is 40.5 Å². The molecule has 0 aliphatic rings. The summed E-state index contributed by atoms with van der Waals surface area (Å²) in [5.41, 5.74) is -4.07. The predicted octanol–water partition coefficient (Wildman–Crippen LogP) is 4.25. The van der Waals surface area contributed by atoms with E-state index in [4.69, 9.17) is 16.3 Å². The predicted molar refractivity (Wildman–Crippen MR) is 66.4 cm³/mol. The summed E-state index contributed by atoms with van der Waals surface area (Å²) in [6.07, 6.45) is -10.1. The number of hydrogen-bond acceptors (Lipinski definition) is 3. The zero-order valence-electron chi connectivity index (χ0n) is 10.7. The second-order valence-electron chi connectivity index (χ2n) is 4.23. The Morgan fingerprint density at radius 3 is 1.91 bits per heavy atom. The number of hydrogen-bond donors (Lipinski definition) is 1. The summed E-state index contributed by atoms with van der Waals surface area (Å²) in [4.78, 5) is 11.5. The molecule has 0 unspecified atom stereocenters. The summed E-state index contributed by atoms with van der Waals surface area (Å²) < 4.78 is 80.8. The minimum atomic E-state index is -5.03. The highest BCUT2D eigenvalue weighted by Crippen LogP contribution is 2.38. The van der Waals surface area contributed by atoms with Gasteiger partial charge in [-0.1, -0.05) is 11.6 Å². The van der Waals surface area contributed by atoms with Gasteiger partial charge in [-0.2, -0.15) is 26.3 Å². The van der Waals surface area contributed by atoms with Gasteiger partial charge in [0.15, 0.2) is 0 Å². The first kappa shape index (κ1) is 17.1. The molecule has 1 N–H and O–H groups in total. The first-order valence-electron chi connectivity index (χ1n) is 5.69. The summed E-state index contributed by atoms with van der Waals surface area (Å²) >= 11 is 5.42. The van der Waals surface area contributed by atoms with Crippen molar-refractivity contribution < 1.29 is 31.1 Å². The van der Waals surface area contributed by atoms with E-state index in [1.54, 1.807) is 0 Å². The number of alkyl halides is 6. The molecule has 0 atom stereocenters. The van der Waals surface area contributed by atoms with E-state index in [9.17, 15) is 31.1 Å². The van der Waals surface area contributed by atoms with Crippen LogP contribution in [0.3, 0.4) is 0 Å². The standard InChI is InChI=1S/C12H5ClF6N2O2/c13-9-4-8(22)10(21-20-9)23-7-2-5(11(14,15)16)1-6(3-7)12(17,18)19/h1-4H,(H,20,22). The van der Waals surface area contributed by atoms with Crippen LogP contribution < -0.4 is 10.2 Å². The monoisotopic (exact) mass is 358 g/mol. The zero-order chi connectivity index (χ0) is 17.4. The van der Waals surface area contributed by atoms with Crippen molar-refractivity contribution in [2.75, 3.05) is 0 Å². The van der Waals surface area contributed by atoms with Gasteiger partial charge in [0, 0.05) is 6.07 Å². The molecule has 4 nitrogen and oxygen atoms in total. The molecule has 0 saturated carbocycles. The van der Waals surface area contributed by atoms with Gasteiger partial charge in [0.25, 0.3) is 5.88 Å². The average Bonchev–Trinajstić information content (AvgIpc) is 2.40. The van der Waals surface area contributed by atoms with Gasteiger partial charge in [-0.25, -0.2) is 0 Å². The Morgan fingerprint density at radius 2 is 1.48 bits per heavy atom. The highest BCUT2D eigenvalue weighted by molar-refractivity contribution is 6.29. The average molecular weight is 359 g/mol. The molecule has 23 heavy (non-hydrogen) atoms. The zero-order valence-corrected chi connectivity index (χ0v) is 11.5. The lowest BCUT2D eigenvalue weighted by Gasteiger charge is -2.14. The second kappa shape index (κ2) is 5.76. The Kier molecular flexibility index (Phi) is 4.29. The number of nitrogens with one attached hydrogen (secondary N) is 1. The lowest BCUT2D eigenvalue weighted by atomic mass is 10.1. The van der Waals surface area contributed by atoms with Gasteiger partial charge in [-0.05, 0) is 18.2 Å². The molecule has 0 spiro atoms. The summed E-state index contributed by atoms with van der Waals surface area (Å²) in [7, 11) is 0. The van der Waals surface area contributed by atoms with Crippen LogP contribution in [0, 0.1) is 0 Å². The Bertz CT molecular complexity index is 752. The molecule has 0 aliphatic heterocycles. The van der Waals surface area contributed by atoms with E-state index >= 15 is 0 Å². The van der Waals surface area contributed by atoms with Gasteiger partial charge in [-0.15, -0.1) is 5.10 Å². The van der Waals surface area contributed by atoms with Crippen molar-refractivity contribution in [1.29, 1.82) is 0 Å². The molecule has 0 saturated heterocycles. The lowest BCUT2D eigenvalue weighted by molar-refractivity contribution is -0.143. The quantitative estimate of drug-likeness (QED) is 0.816. The van der Waals surface area contributed by atoms with Crippen LogP contribution >= 0.6 is 11.6 Å². The minimum Gasteiger partial charge on any atom is -0.435 e. The molecule has 11 heteroatoms. The molecule has 124 valence electrons. The Balaban J connectivity index is 2.51. The topological polar surface area (TPSA) is 55.0 Å².